The maximum Gasteiger partial charge on any atom is 0.377 e. The maximum absolute atomic E-state index is 12.9. The molecule has 0 saturated heterocycles. The molecular weight excluding hydrogens is 618 g/mol. The maximum atomic E-state index is 12.9. The number of rotatable bonds is 17. The number of aliphatic hydroxyl groups excluding tert-OH is 1. The van der Waals surface area contributed by atoms with Crippen molar-refractivity contribution < 1.29 is 52.4 Å². The van der Waals surface area contributed by atoms with Gasteiger partial charge in [0, 0.05) is 30.8 Å². The smallest absolute Gasteiger partial charge is 0.377 e. The summed E-state index contributed by atoms with van der Waals surface area (Å²) >= 11 is 0. The van der Waals surface area contributed by atoms with Gasteiger partial charge in [0.05, 0.1) is 0 Å². The predicted molar refractivity (Wildman–Crippen MR) is 167 cm³/mol. The van der Waals surface area contributed by atoms with E-state index in [4.69, 9.17) is 32.9 Å². The van der Waals surface area contributed by atoms with E-state index in [1.54, 1.807) is 0 Å². The number of benzene rings is 2. The lowest BCUT2D eigenvalue weighted by Crippen LogP contribution is -2.25. The largest absolute Gasteiger partial charge is 0.490 e. The first-order valence-electron chi connectivity index (χ1n) is 14.6. The summed E-state index contributed by atoms with van der Waals surface area (Å²) in [6.07, 6.45) is 1.21. The number of ether oxygens (including phenoxy) is 4. The summed E-state index contributed by atoms with van der Waals surface area (Å²) in [6, 6.07) is 10.5. The summed E-state index contributed by atoms with van der Waals surface area (Å²) in [5, 5.41) is 22.7. The Balaban J connectivity index is 1.30. The molecule has 0 saturated carbocycles. The van der Waals surface area contributed by atoms with E-state index in [-0.39, 0.29) is 53.1 Å². The quantitative estimate of drug-likeness (QED) is 0.0846. The molecule has 0 spiro atoms. The van der Waals surface area contributed by atoms with Crippen molar-refractivity contribution in [1.29, 1.82) is 0 Å². The minimum absolute atomic E-state index is 0.000842. The second kappa shape index (κ2) is 16.1. The first-order valence-corrected chi connectivity index (χ1v) is 14.6. The van der Waals surface area contributed by atoms with Crippen molar-refractivity contribution in [1.82, 2.24) is 5.32 Å². The molecule has 0 amide bonds. The Kier molecular flexibility index (Phi) is 11.7. The Hall–Kier alpha value is -5.63. The van der Waals surface area contributed by atoms with Crippen LogP contribution in [0.2, 0.25) is 0 Å². The fraction of sp³-hybridized carbons (Fsp3) is 0.303. The molecule has 0 fully saturated rings. The summed E-state index contributed by atoms with van der Waals surface area (Å²) in [4.78, 5) is 60.9. The zero-order valence-electron chi connectivity index (χ0n) is 25.4. The van der Waals surface area contributed by atoms with Crippen molar-refractivity contribution in [3.63, 3.8) is 0 Å². The minimum Gasteiger partial charge on any atom is -0.490 e. The van der Waals surface area contributed by atoms with Crippen molar-refractivity contribution in [2.45, 2.75) is 38.7 Å². The molecule has 14 nitrogen and oxygen atoms in total. The molecule has 0 aliphatic rings. The molecule has 4 aromatic rings. The van der Waals surface area contributed by atoms with Gasteiger partial charge in [0.25, 0.3) is 0 Å². The van der Waals surface area contributed by atoms with Crippen LogP contribution in [0.15, 0.2) is 79.2 Å². The zero-order valence-corrected chi connectivity index (χ0v) is 25.4. The van der Waals surface area contributed by atoms with E-state index < -0.39 is 53.2 Å². The summed E-state index contributed by atoms with van der Waals surface area (Å²) in [7, 11) is 0. The minimum atomic E-state index is -1.40. The Morgan fingerprint density at radius 3 is 2.00 bits per heavy atom. The third-order valence-electron chi connectivity index (χ3n) is 6.60. The van der Waals surface area contributed by atoms with E-state index in [0.29, 0.717) is 6.42 Å². The number of fused-ring (bicyclic) bond motifs is 2. The normalized spacial score (nSPS) is 11.5. The molecule has 14 heteroatoms. The Morgan fingerprint density at radius 2 is 1.43 bits per heavy atom. The summed E-state index contributed by atoms with van der Waals surface area (Å²) in [5.74, 6) is -3.75. The molecule has 248 valence electrons. The number of carbonyl (C=O) groups is 3. The lowest BCUT2D eigenvalue weighted by atomic mass is 10.2. The van der Waals surface area contributed by atoms with Gasteiger partial charge in [0.2, 0.25) is 18.3 Å². The highest BCUT2D eigenvalue weighted by molar-refractivity contribution is 5.91. The number of carboxylic acid groups (broad SMARTS) is 1. The number of allylic oxidation sites excluding steroid dienone is 1. The van der Waals surface area contributed by atoms with E-state index in [9.17, 15) is 29.1 Å². The number of carbonyl (C=O) groups excluding carboxylic acids is 2. The van der Waals surface area contributed by atoms with Crippen LogP contribution in [0.25, 0.3) is 21.9 Å². The van der Waals surface area contributed by atoms with Gasteiger partial charge in [-0.3, -0.25) is 14.4 Å². The topological polar surface area (TPSA) is 201 Å². The highest BCUT2D eigenvalue weighted by Gasteiger charge is 2.19. The van der Waals surface area contributed by atoms with Crippen molar-refractivity contribution in [3.8, 4) is 11.5 Å². The van der Waals surface area contributed by atoms with Crippen molar-refractivity contribution in [2.24, 2.45) is 0 Å². The molecular formula is C33H33NO13. The van der Waals surface area contributed by atoms with Crippen LogP contribution in [-0.4, -0.2) is 60.8 Å². The Morgan fingerprint density at radius 1 is 0.851 bits per heavy atom. The first-order chi connectivity index (χ1) is 22.5. The molecule has 47 heavy (non-hydrogen) atoms. The van der Waals surface area contributed by atoms with Crippen LogP contribution in [0.5, 0.6) is 11.5 Å². The number of aromatic carboxylic acids is 1. The van der Waals surface area contributed by atoms with Gasteiger partial charge in [-0.2, -0.15) is 0 Å². The summed E-state index contributed by atoms with van der Waals surface area (Å²) in [6.45, 7) is 5.07. The number of aliphatic hydroxyl groups is 1. The summed E-state index contributed by atoms with van der Waals surface area (Å²) in [5.41, 5.74) is -0.375. The molecule has 2 aromatic heterocycles. The third-order valence-corrected chi connectivity index (χ3v) is 6.60. The number of hydrogen-bond donors (Lipinski definition) is 3. The summed E-state index contributed by atoms with van der Waals surface area (Å²) < 4.78 is 31.9. The van der Waals surface area contributed by atoms with Crippen molar-refractivity contribution in [2.75, 3.05) is 26.6 Å². The van der Waals surface area contributed by atoms with Gasteiger partial charge in [-0.25, -0.2) is 9.59 Å². The molecule has 0 radical (unpaired) electrons. The highest BCUT2D eigenvalue weighted by atomic mass is 16.7. The van der Waals surface area contributed by atoms with Gasteiger partial charge in [0.15, 0.2) is 10.9 Å². The van der Waals surface area contributed by atoms with Gasteiger partial charge < -0.3 is 43.3 Å². The van der Waals surface area contributed by atoms with E-state index >= 15 is 0 Å². The van der Waals surface area contributed by atoms with Crippen molar-refractivity contribution >= 4 is 39.8 Å². The molecule has 0 bridgehead atoms. The zero-order chi connectivity index (χ0) is 33.9. The van der Waals surface area contributed by atoms with Crippen LogP contribution >= 0.6 is 0 Å². The molecule has 3 N–H and O–H groups in total. The van der Waals surface area contributed by atoms with Gasteiger partial charge in [0.1, 0.15) is 52.8 Å². The molecule has 0 aliphatic carbocycles. The lowest BCUT2D eigenvalue weighted by molar-refractivity contribution is -0.152. The fourth-order valence-electron chi connectivity index (χ4n) is 4.39. The SMILES string of the molecule is C=C(C)NCCCCCC(=O)OCOC(=O)c1cc(=O)c2c(OCC(O)COc3cccc4oc(C(=O)O)cc(=O)c34)cccc2o1. The molecule has 0 aliphatic heterocycles. The van der Waals surface area contributed by atoms with Crippen LogP contribution in [-0.2, 0) is 14.3 Å². The average molecular weight is 652 g/mol. The van der Waals surface area contributed by atoms with E-state index in [2.05, 4.69) is 11.9 Å². The van der Waals surface area contributed by atoms with Crippen molar-refractivity contribution in [3.05, 3.63) is 92.8 Å². The lowest BCUT2D eigenvalue weighted by Gasteiger charge is -2.15. The number of unbranched alkanes of at least 4 members (excludes halogenated alkanes) is 2. The fourth-order valence-corrected chi connectivity index (χ4v) is 4.39. The Bertz CT molecular complexity index is 1890. The van der Waals surface area contributed by atoms with Gasteiger partial charge in [-0.1, -0.05) is 25.1 Å². The number of hydrogen-bond acceptors (Lipinski definition) is 13. The van der Waals surface area contributed by atoms with Crippen LogP contribution in [0.3, 0.4) is 0 Å². The van der Waals surface area contributed by atoms with Gasteiger partial charge >= 0.3 is 17.9 Å². The van der Waals surface area contributed by atoms with Gasteiger partial charge in [-0.05, 0) is 44.0 Å². The number of carboxylic acids is 1. The van der Waals surface area contributed by atoms with Crippen LogP contribution < -0.4 is 25.6 Å². The van der Waals surface area contributed by atoms with E-state index in [0.717, 1.165) is 37.2 Å². The van der Waals surface area contributed by atoms with Crippen LogP contribution in [0, 0.1) is 0 Å². The molecule has 1 unspecified atom stereocenters. The Labute approximate surface area is 267 Å². The average Bonchev–Trinajstić information content (AvgIpc) is 3.03. The third kappa shape index (κ3) is 9.43. The number of esters is 2. The second-order valence-electron chi connectivity index (χ2n) is 10.4. The molecule has 4 rings (SSSR count). The van der Waals surface area contributed by atoms with Gasteiger partial charge in [-0.15, -0.1) is 0 Å². The number of nitrogens with one attached hydrogen (secondary N) is 1. The first kappa shape index (κ1) is 34.2. The standard InChI is InChI=1S/C33H33NO13/c1-19(2)34-13-5-3-4-12-29(38)44-18-45-33(41)28-15-22(37)31-24(9-7-11-26(31)47-28)43-17-20(35)16-42-23-8-6-10-25-30(23)21(36)14-27(46-25)32(39)40/h6-11,14-15,20,34-35H,1,3-5,12-13,16-18H2,2H3,(H,39,40). The van der Waals surface area contributed by atoms with E-state index in [1.165, 1.54) is 36.4 Å². The molecule has 2 heterocycles. The predicted octanol–water partition coefficient (Wildman–Crippen LogP) is 3.76. The highest BCUT2D eigenvalue weighted by Crippen LogP contribution is 2.25. The van der Waals surface area contributed by atoms with Crippen LogP contribution in [0.4, 0.5) is 0 Å². The van der Waals surface area contributed by atoms with E-state index in [1.807, 2.05) is 6.92 Å². The second-order valence-corrected chi connectivity index (χ2v) is 10.4. The monoisotopic (exact) mass is 651 g/mol. The molecule has 1 atom stereocenters. The van der Waals surface area contributed by atoms with Crippen LogP contribution in [0.1, 0.15) is 53.7 Å². The molecule has 2 aromatic carbocycles.